The molecule has 2 saturated heterocycles. The van der Waals surface area contributed by atoms with Crippen LogP contribution in [-0.2, 0) is 4.84 Å². The third-order valence-corrected chi connectivity index (χ3v) is 4.31. The molecule has 3 heterocycles. The fourth-order valence-corrected chi connectivity index (χ4v) is 3.01. The van der Waals surface area contributed by atoms with E-state index < -0.39 is 11.6 Å². The van der Waals surface area contributed by atoms with Crippen LogP contribution >= 0.6 is 0 Å². The highest BCUT2D eigenvalue weighted by molar-refractivity contribution is 5.95. The fourth-order valence-electron chi connectivity index (χ4n) is 3.01. The molecule has 2 atom stereocenters. The predicted molar refractivity (Wildman–Crippen MR) is 68.1 cm³/mol. The normalized spacial score (nSPS) is 32.6. The number of oxime groups is 1. The minimum absolute atomic E-state index is 0.150. The van der Waals surface area contributed by atoms with Gasteiger partial charge in [0, 0.05) is 32.1 Å². The molecule has 2 amide bonds. The molecule has 19 heavy (non-hydrogen) atoms. The summed E-state index contributed by atoms with van der Waals surface area (Å²) >= 11 is 0. The van der Waals surface area contributed by atoms with Gasteiger partial charge >= 0.3 is 6.03 Å². The lowest BCUT2D eigenvalue weighted by Crippen LogP contribution is -2.49. The molecule has 3 aliphatic rings. The number of nitrogens with zero attached hydrogens (tertiary/aromatic N) is 3. The lowest BCUT2D eigenvalue weighted by atomic mass is 9.90. The second kappa shape index (κ2) is 4.32. The van der Waals surface area contributed by atoms with Crippen molar-refractivity contribution >= 4 is 11.7 Å². The van der Waals surface area contributed by atoms with E-state index in [-0.39, 0.29) is 25.2 Å². The molecule has 0 unspecified atom stereocenters. The monoisotopic (exact) mass is 268 g/mol. The molecule has 0 aromatic heterocycles. The maximum atomic E-state index is 11.8. The molecule has 0 aliphatic carbocycles. The maximum absolute atomic E-state index is 11.8. The average molecular weight is 268 g/mol. The van der Waals surface area contributed by atoms with Crippen molar-refractivity contribution in [3.8, 4) is 0 Å². The SMILES string of the molecule is NCC1(CN)CC([C@@H]2CC[C@@H]3CN2C(=O)N3[O-])=NO1. The van der Waals surface area contributed by atoms with Crippen LogP contribution in [0.15, 0.2) is 5.16 Å². The fraction of sp³-hybridized carbons (Fsp3) is 0.818. The first kappa shape index (κ1) is 12.6. The van der Waals surface area contributed by atoms with Gasteiger partial charge in [-0.3, -0.25) is 0 Å². The van der Waals surface area contributed by atoms with E-state index in [4.69, 9.17) is 16.3 Å². The van der Waals surface area contributed by atoms with Gasteiger partial charge in [0.1, 0.15) is 0 Å². The largest absolute Gasteiger partial charge is 0.755 e. The van der Waals surface area contributed by atoms with E-state index >= 15 is 0 Å². The molecule has 106 valence electrons. The molecule has 2 bridgehead atoms. The van der Waals surface area contributed by atoms with E-state index in [1.807, 2.05) is 0 Å². The summed E-state index contributed by atoms with van der Waals surface area (Å²) in [4.78, 5) is 18.8. The smallest absolute Gasteiger partial charge is 0.310 e. The molecule has 0 spiro atoms. The Balaban J connectivity index is 1.76. The van der Waals surface area contributed by atoms with Crippen molar-refractivity contribution < 1.29 is 9.63 Å². The van der Waals surface area contributed by atoms with E-state index in [1.54, 1.807) is 4.90 Å². The molecule has 3 aliphatic heterocycles. The third-order valence-electron chi connectivity index (χ3n) is 4.31. The maximum Gasteiger partial charge on any atom is 0.310 e. The van der Waals surface area contributed by atoms with Crippen molar-refractivity contribution in [1.82, 2.24) is 9.96 Å². The second-order valence-electron chi connectivity index (χ2n) is 5.45. The lowest BCUT2D eigenvalue weighted by Gasteiger charge is -2.31. The van der Waals surface area contributed by atoms with Crippen molar-refractivity contribution in [2.75, 3.05) is 19.6 Å². The van der Waals surface area contributed by atoms with Crippen LogP contribution < -0.4 is 11.5 Å². The predicted octanol–water partition coefficient (Wildman–Crippen LogP) is -0.815. The highest BCUT2D eigenvalue weighted by Gasteiger charge is 2.46. The first-order valence-electron chi connectivity index (χ1n) is 6.52. The van der Waals surface area contributed by atoms with Gasteiger partial charge in [-0.15, -0.1) is 0 Å². The molecule has 0 radical (unpaired) electrons. The van der Waals surface area contributed by atoms with Crippen molar-refractivity contribution in [2.24, 2.45) is 16.6 Å². The average Bonchev–Trinajstić information content (AvgIpc) is 2.97. The van der Waals surface area contributed by atoms with Gasteiger partial charge in [0.15, 0.2) is 5.60 Å². The van der Waals surface area contributed by atoms with Gasteiger partial charge in [0.05, 0.1) is 11.8 Å². The summed E-state index contributed by atoms with van der Waals surface area (Å²) in [6, 6.07) is -0.823. The molecule has 0 saturated carbocycles. The van der Waals surface area contributed by atoms with Crippen LogP contribution in [0.3, 0.4) is 0 Å². The molecule has 3 rings (SSSR count). The van der Waals surface area contributed by atoms with E-state index in [9.17, 15) is 10.0 Å². The van der Waals surface area contributed by atoms with Gasteiger partial charge in [-0.25, -0.2) is 4.79 Å². The van der Waals surface area contributed by atoms with Crippen LogP contribution in [0.1, 0.15) is 19.3 Å². The Hall–Kier alpha value is -1.38. The summed E-state index contributed by atoms with van der Waals surface area (Å²) < 4.78 is 0. The van der Waals surface area contributed by atoms with Crippen LogP contribution in [0.4, 0.5) is 4.79 Å². The molecule has 8 heteroatoms. The van der Waals surface area contributed by atoms with Gasteiger partial charge in [-0.05, 0) is 12.8 Å². The quantitative estimate of drug-likeness (QED) is 0.693. The van der Waals surface area contributed by atoms with Crippen molar-refractivity contribution in [1.29, 1.82) is 0 Å². The van der Waals surface area contributed by atoms with Crippen LogP contribution in [0.25, 0.3) is 0 Å². The lowest BCUT2D eigenvalue weighted by molar-refractivity contribution is -0.00379. The number of hydroxylamine groups is 2. The zero-order chi connectivity index (χ0) is 13.6. The van der Waals surface area contributed by atoms with E-state index in [1.165, 1.54) is 0 Å². The minimum atomic E-state index is -0.647. The van der Waals surface area contributed by atoms with Crippen molar-refractivity contribution in [3.05, 3.63) is 5.21 Å². The van der Waals surface area contributed by atoms with Crippen molar-refractivity contribution in [3.63, 3.8) is 0 Å². The van der Waals surface area contributed by atoms with Crippen LogP contribution in [0.5, 0.6) is 0 Å². The summed E-state index contributed by atoms with van der Waals surface area (Å²) in [5, 5.41) is 16.3. The number of hydrogen-bond donors (Lipinski definition) is 2. The summed E-state index contributed by atoms with van der Waals surface area (Å²) in [5.41, 5.74) is 11.5. The standard InChI is InChI=1S/C11H18N5O3/c12-5-11(6-13)3-8(14-19-11)9-2-1-7-4-15(9)10(17)16(7)18/h7,9H,1-6,12-13H2/q-1/t7-,9+/m1/s1. The first-order chi connectivity index (χ1) is 9.10. The Morgan fingerprint density at radius 2 is 2.16 bits per heavy atom. The zero-order valence-corrected chi connectivity index (χ0v) is 10.6. The van der Waals surface area contributed by atoms with E-state index in [2.05, 4.69) is 5.16 Å². The summed E-state index contributed by atoms with van der Waals surface area (Å²) in [7, 11) is 0. The molecule has 8 nitrogen and oxygen atoms in total. The molecule has 4 N–H and O–H groups in total. The summed E-state index contributed by atoms with van der Waals surface area (Å²) in [5.74, 6) is 0. The second-order valence-corrected chi connectivity index (χ2v) is 5.45. The van der Waals surface area contributed by atoms with Gasteiger partial charge in [-0.1, -0.05) is 5.16 Å². The molecule has 0 aromatic carbocycles. The van der Waals surface area contributed by atoms with Gasteiger partial charge in [0.2, 0.25) is 0 Å². The zero-order valence-electron chi connectivity index (χ0n) is 10.6. The number of amides is 2. The van der Waals surface area contributed by atoms with Crippen LogP contribution in [0, 0.1) is 5.21 Å². The van der Waals surface area contributed by atoms with E-state index in [0.717, 1.165) is 12.1 Å². The Morgan fingerprint density at radius 1 is 1.42 bits per heavy atom. The van der Waals surface area contributed by atoms with Gasteiger partial charge < -0.3 is 31.5 Å². The Bertz CT molecular complexity index is 423. The number of fused-ring (bicyclic) bond motifs is 2. The molecular formula is C11H18N5O3-. The van der Waals surface area contributed by atoms with Crippen LogP contribution in [0.2, 0.25) is 0 Å². The van der Waals surface area contributed by atoms with Gasteiger partial charge in [0.25, 0.3) is 0 Å². The highest BCUT2D eigenvalue weighted by atomic mass is 16.7. The number of urea groups is 1. The Morgan fingerprint density at radius 3 is 2.79 bits per heavy atom. The number of piperidine rings is 1. The topological polar surface area (TPSA) is 120 Å². The first-order valence-corrected chi connectivity index (χ1v) is 6.52. The number of nitrogens with two attached hydrogens (primary N) is 2. The number of rotatable bonds is 3. The van der Waals surface area contributed by atoms with Crippen molar-refractivity contribution in [2.45, 2.75) is 36.9 Å². The number of carbonyl (C=O) groups excluding carboxylic acids is 1. The van der Waals surface area contributed by atoms with Crippen LogP contribution in [-0.4, -0.2) is 59.0 Å². The van der Waals surface area contributed by atoms with E-state index in [0.29, 0.717) is 24.4 Å². The van der Waals surface area contributed by atoms with Gasteiger partial charge in [-0.2, -0.15) is 0 Å². The minimum Gasteiger partial charge on any atom is -0.755 e. The summed E-state index contributed by atoms with van der Waals surface area (Å²) in [6.45, 7) is 1.05. The summed E-state index contributed by atoms with van der Waals surface area (Å²) in [6.07, 6.45) is 1.97. The third kappa shape index (κ3) is 1.78. The molecular weight excluding hydrogens is 250 g/mol. The highest BCUT2D eigenvalue weighted by Crippen LogP contribution is 2.33. The number of hydrogen-bond acceptors (Lipinski definition) is 6. The molecule has 0 aromatic rings. The Kier molecular flexibility index (Phi) is 2.88. The number of carbonyl (C=O) groups is 1. The molecule has 2 fully saturated rings. The Labute approximate surface area is 110 Å².